The quantitative estimate of drug-likeness (QED) is 0.800. The molecule has 0 saturated carbocycles. The van der Waals surface area contributed by atoms with Gasteiger partial charge in [0.1, 0.15) is 18.5 Å². The van der Waals surface area contributed by atoms with E-state index in [0.29, 0.717) is 13.2 Å². The van der Waals surface area contributed by atoms with Gasteiger partial charge in [-0.25, -0.2) is 5.01 Å². The molecule has 112 valence electrons. The maximum atomic E-state index is 9.95. The molecule has 1 heterocycles. The normalized spacial score (nSPS) is 17.9. The number of aryl methyl sites for hydroxylation is 1. The van der Waals surface area contributed by atoms with Crippen molar-refractivity contribution in [1.82, 2.24) is 10.4 Å². The molecule has 1 saturated heterocycles. The van der Waals surface area contributed by atoms with Crippen LogP contribution in [-0.4, -0.2) is 42.5 Å². The average molecular weight is 278 g/mol. The van der Waals surface area contributed by atoms with Crippen LogP contribution < -0.4 is 10.2 Å². The van der Waals surface area contributed by atoms with Gasteiger partial charge in [0.25, 0.3) is 0 Å². The molecule has 4 heteroatoms. The second-order valence-electron chi connectivity index (χ2n) is 5.38. The van der Waals surface area contributed by atoms with Gasteiger partial charge in [-0.2, -0.15) is 0 Å². The highest BCUT2D eigenvalue weighted by Crippen LogP contribution is 2.13. The Balaban J connectivity index is 1.67. The lowest BCUT2D eigenvalue weighted by Gasteiger charge is -2.28. The number of ether oxygens (including phenoxy) is 1. The number of hydrazine groups is 1. The van der Waals surface area contributed by atoms with Crippen molar-refractivity contribution in [3.63, 3.8) is 0 Å². The summed E-state index contributed by atoms with van der Waals surface area (Å²) in [5.74, 6) is 0.835. The van der Waals surface area contributed by atoms with Crippen LogP contribution in [0.1, 0.15) is 31.7 Å². The smallest absolute Gasteiger partial charge is 0.119 e. The molecule has 1 unspecified atom stereocenters. The topological polar surface area (TPSA) is 44.7 Å². The van der Waals surface area contributed by atoms with E-state index in [-0.39, 0.29) is 0 Å². The van der Waals surface area contributed by atoms with Gasteiger partial charge in [-0.05, 0) is 37.0 Å². The maximum absolute atomic E-state index is 9.95. The maximum Gasteiger partial charge on any atom is 0.119 e. The van der Waals surface area contributed by atoms with E-state index in [9.17, 15) is 5.11 Å². The van der Waals surface area contributed by atoms with Crippen LogP contribution in [0.3, 0.4) is 0 Å². The third-order valence-electron chi connectivity index (χ3n) is 3.66. The molecule has 0 amide bonds. The third kappa shape index (κ3) is 5.12. The van der Waals surface area contributed by atoms with Crippen LogP contribution in [0.4, 0.5) is 0 Å². The second kappa shape index (κ2) is 8.25. The molecule has 1 aromatic rings. The van der Waals surface area contributed by atoms with Gasteiger partial charge in [0.2, 0.25) is 0 Å². The van der Waals surface area contributed by atoms with Crippen LogP contribution in [0.25, 0.3) is 0 Å². The summed E-state index contributed by atoms with van der Waals surface area (Å²) in [6.45, 7) is 5.15. The molecule has 1 aromatic carbocycles. The molecule has 0 spiro atoms. The summed E-state index contributed by atoms with van der Waals surface area (Å²) in [5, 5.41) is 12.2. The number of nitrogens with one attached hydrogen (secondary N) is 1. The van der Waals surface area contributed by atoms with E-state index in [1.54, 1.807) is 0 Å². The first-order chi connectivity index (χ1) is 9.78. The first-order valence-corrected chi connectivity index (χ1v) is 7.66. The standard InChI is InChI=1S/C16H26N2O2/c1-2-14-7-6-8-16(11-14)20-13-15(19)12-17-18-9-4-3-5-10-18/h6-8,11,15,17,19H,2-5,9-10,12-13H2,1H3. The molecule has 1 aliphatic rings. The Morgan fingerprint density at radius 2 is 2.10 bits per heavy atom. The molecule has 1 aliphatic heterocycles. The summed E-state index contributed by atoms with van der Waals surface area (Å²) in [6, 6.07) is 8.04. The van der Waals surface area contributed by atoms with Crippen LogP contribution in [0.5, 0.6) is 5.75 Å². The molecule has 1 fully saturated rings. The Labute approximate surface area is 121 Å². The van der Waals surface area contributed by atoms with Crippen LogP contribution in [0.15, 0.2) is 24.3 Å². The van der Waals surface area contributed by atoms with Crippen LogP contribution in [0, 0.1) is 0 Å². The van der Waals surface area contributed by atoms with Gasteiger partial charge in [-0.3, -0.25) is 5.43 Å². The predicted molar refractivity (Wildman–Crippen MR) is 80.7 cm³/mol. The summed E-state index contributed by atoms with van der Waals surface area (Å²) in [6.07, 6.45) is 4.31. The highest BCUT2D eigenvalue weighted by atomic mass is 16.5. The van der Waals surface area contributed by atoms with E-state index >= 15 is 0 Å². The number of benzene rings is 1. The monoisotopic (exact) mass is 278 g/mol. The van der Waals surface area contributed by atoms with E-state index in [1.165, 1.54) is 24.8 Å². The fourth-order valence-corrected chi connectivity index (χ4v) is 2.39. The lowest BCUT2D eigenvalue weighted by Crippen LogP contribution is -2.46. The highest BCUT2D eigenvalue weighted by Gasteiger charge is 2.12. The van der Waals surface area contributed by atoms with Crippen molar-refractivity contribution in [2.75, 3.05) is 26.2 Å². The first-order valence-electron chi connectivity index (χ1n) is 7.66. The lowest BCUT2D eigenvalue weighted by atomic mass is 10.2. The van der Waals surface area contributed by atoms with Gasteiger partial charge in [0.05, 0.1) is 0 Å². The zero-order valence-corrected chi connectivity index (χ0v) is 12.3. The lowest BCUT2D eigenvalue weighted by molar-refractivity contribution is 0.0684. The van der Waals surface area contributed by atoms with E-state index in [2.05, 4.69) is 23.4 Å². The van der Waals surface area contributed by atoms with Gasteiger partial charge in [0.15, 0.2) is 0 Å². The Morgan fingerprint density at radius 3 is 2.85 bits per heavy atom. The minimum Gasteiger partial charge on any atom is -0.491 e. The first kappa shape index (κ1) is 15.3. The molecule has 0 aromatic heterocycles. The van der Waals surface area contributed by atoms with Crippen molar-refractivity contribution in [2.45, 2.75) is 38.7 Å². The summed E-state index contributed by atoms with van der Waals surface area (Å²) >= 11 is 0. The Kier molecular flexibility index (Phi) is 6.30. The predicted octanol–water partition coefficient (Wildman–Crippen LogP) is 1.98. The Bertz CT molecular complexity index is 392. The minimum atomic E-state index is -0.484. The van der Waals surface area contributed by atoms with Crippen molar-refractivity contribution < 1.29 is 9.84 Å². The number of aliphatic hydroxyl groups excluding tert-OH is 1. The van der Waals surface area contributed by atoms with Crippen LogP contribution >= 0.6 is 0 Å². The Hall–Kier alpha value is -1.10. The van der Waals surface area contributed by atoms with Crippen molar-refractivity contribution in [2.24, 2.45) is 0 Å². The molecule has 0 aliphatic carbocycles. The molecule has 2 rings (SSSR count). The number of piperidine rings is 1. The summed E-state index contributed by atoms with van der Waals surface area (Å²) in [7, 11) is 0. The van der Waals surface area contributed by atoms with E-state index in [1.807, 2.05) is 18.2 Å². The van der Waals surface area contributed by atoms with Crippen LogP contribution in [0.2, 0.25) is 0 Å². The second-order valence-corrected chi connectivity index (χ2v) is 5.38. The molecule has 4 nitrogen and oxygen atoms in total. The van der Waals surface area contributed by atoms with E-state index in [4.69, 9.17) is 4.74 Å². The molecule has 0 radical (unpaired) electrons. The Morgan fingerprint density at radius 1 is 1.30 bits per heavy atom. The van der Waals surface area contributed by atoms with Gasteiger partial charge < -0.3 is 9.84 Å². The van der Waals surface area contributed by atoms with Gasteiger partial charge in [0, 0.05) is 19.6 Å². The van der Waals surface area contributed by atoms with Crippen molar-refractivity contribution in [1.29, 1.82) is 0 Å². The van der Waals surface area contributed by atoms with E-state index < -0.39 is 6.10 Å². The SMILES string of the molecule is CCc1cccc(OCC(O)CNN2CCCCC2)c1. The van der Waals surface area contributed by atoms with Gasteiger partial charge in [-0.1, -0.05) is 25.5 Å². The number of hydrogen-bond donors (Lipinski definition) is 2. The molecule has 20 heavy (non-hydrogen) atoms. The zero-order chi connectivity index (χ0) is 14.2. The molecule has 2 N–H and O–H groups in total. The number of aliphatic hydroxyl groups is 1. The average Bonchev–Trinajstić information content (AvgIpc) is 2.52. The number of nitrogens with zero attached hydrogens (tertiary/aromatic N) is 1. The van der Waals surface area contributed by atoms with Crippen molar-refractivity contribution in [3.8, 4) is 5.75 Å². The number of rotatable bonds is 7. The summed E-state index contributed by atoms with van der Waals surface area (Å²) in [4.78, 5) is 0. The number of hydrogen-bond acceptors (Lipinski definition) is 4. The molecule has 1 atom stereocenters. The minimum absolute atomic E-state index is 0.327. The fourth-order valence-electron chi connectivity index (χ4n) is 2.39. The summed E-state index contributed by atoms with van der Waals surface area (Å²) in [5.41, 5.74) is 4.54. The van der Waals surface area contributed by atoms with Gasteiger partial charge >= 0.3 is 0 Å². The fraction of sp³-hybridized carbons (Fsp3) is 0.625. The van der Waals surface area contributed by atoms with Gasteiger partial charge in [-0.15, -0.1) is 0 Å². The summed E-state index contributed by atoms with van der Waals surface area (Å²) < 4.78 is 5.64. The largest absolute Gasteiger partial charge is 0.491 e. The highest BCUT2D eigenvalue weighted by molar-refractivity contribution is 5.28. The zero-order valence-electron chi connectivity index (χ0n) is 12.3. The van der Waals surface area contributed by atoms with Crippen molar-refractivity contribution >= 4 is 0 Å². The molecular weight excluding hydrogens is 252 g/mol. The third-order valence-corrected chi connectivity index (χ3v) is 3.66. The van der Waals surface area contributed by atoms with Crippen LogP contribution in [-0.2, 0) is 6.42 Å². The molecule has 0 bridgehead atoms. The van der Waals surface area contributed by atoms with Crippen molar-refractivity contribution in [3.05, 3.63) is 29.8 Å². The van der Waals surface area contributed by atoms with E-state index in [0.717, 1.165) is 25.3 Å². The molecular formula is C16H26N2O2.